The summed E-state index contributed by atoms with van der Waals surface area (Å²) < 4.78 is 15.0. The molecule has 1 aromatic carbocycles. The predicted octanol–water partition coefficient (Wildman–Crippen LogP) is 2.31. The van der Waals surface area contributed by atoms with Gasteiger partial charge in [-0.3, -0.25) is 4.79 Å². The molecular formula is C21H25BrFN5O2. The number of anilines is 1. The van der Waals surface area contributed by atoms with Crippen molar-refractivity contribution in [2.45, 2.75) is 31.3 Å². The molecule has 0 spiro atoms. The minimum Gasteiger partial charge on any atom is -0.387 e. The van der Waals surface area contributed by atoms with E-state index in [9.17, 15) is 14.3 Å². The van der Waals surface area contributed by atoms with Crippen LogP contribution in [0.25, 0.3) is 0 Å². The summed E-state index contributed by atoms with van der Waals surface area (Å²) in [7, 11) is 0. The molecule has 160 valence electrons. The maximum absolute atomic E-state index is 14.4. The zero-order chi connectivity index (χ0) is 21.4. The van der Waals surface area contributed by atoms with Gasteiger partial charge in [0.05, 0.1) is 17.7 Å². The second kappa shape index (κ2) is 8.56. The van der Waals surface area contributed by atoms with Gasteiger partial charge in [-0.15, -0.1) is 0 Å². The van der Waals surface area contributed by atoms with E-state index < -0.39 is 17.8 Å². The first-order valence-electron chi connectivity index (χ1n) is 10.1. The number of aliphatic hydroxyl groups excluding tert-OH is 1. The summed E-state index contributed by atoms with van der Waals surface area (Å²) >= 11 is 3.24. The number of rotatable bonds is 4. The maximum Gasteiger partial charge on any atom is 0.231 e. The van der Waals surface area contributed by atoms with Gasteiger partial charge in [-0.05, 0) is 24.5 Å². The fraction of sp³-hybridized carbons (Fsp3) is 0.476. The predicted molar refractivity (Wildman–Crippen MR) is 115 cm³/mol. The van der Waals surface area contributed by atoms with E-state index >= 15 is 0 Å². The number of fused-ring (bicyclic) bond motifs is 1. The van der Waals surface area contributed by atoms with Crippen LogP contribution < -0.4 is 10.6 Å². The molecule has 1 aliphatic carbocycles. The molecular weight excluding hydrogens is 453 g/mol. The Morgan fingerprint density at radius 1 is 1.33 bits per heavy atom. The van der Waals surface area contributed by atoms with E-state index in [-0.39, 0.29) is 18.4 Å². The van der Waals surface area contributed by atoms with Crippen LogP contribution in [0.3, 0.4) is 0 Å². The highest BCUT2D eigenvalue weighted by molar-refractivity contribution is 9.10. The molecule has 7 nitrogen and oxygen atoms in total. The molecule has 0 saturated carbocycles. The number of aliphatic hydroxyl groups is 1. The van der Waals surface area contributed by atoms with Crippen LogP contribution in [0.1, 0.15) is 48.1 Å². The molecule has 2 heterocycles. The van der Waals surface area contributed by atoms with E-state index in [1.165, 1.54) is 12.4 Å². The number of nitrogens with two attached hydrogens (primary N) is 1. The van der Waals surface area contributed by atoms with Gasteiger partial charge in [-0.2, -0.15) is 0 Å². The van der Waals surface area contributed by atoms with Gasteiger partial charge in [0.15, 0.2) is 0 Å². The third-order valence-corrected chi connectivity index (χ3v) is 6.53. The molecule has 0 radical (unpaired) electrons. The summed E-state index contributed by atoms with van der Waals surface area (Å²) in [5, 5.41) is 10.2. The molecule has 30 heavy (non-hydrogen) atoms. The van der Waals surface area contributed by atoms with Crippen LogP contribution in [0, 0.1) is 5.82 Å². The van der Waals surface area contributed by atoms with Crippen LogP contribution in [-0.2, 0) is 4.79 Å². The average molecular weight is 478 g/mol. The summed E-state index contributed by atoms with van der Waals surface area (Å²) in [6.07, 6.45) is 1.59. The lowest BCUT2D eigenvalue weighted by Gasteiger charge is -2.37. The van der Waals surface area contributed by atoms with Crippen molar-refractivity contribution in [2.75, 3.05) is 37.6 Å². The van der Waals surface area contributed by atoms with Gasteiger partial charge in [0.1, 0.15) is 18.0 Å². The highest BCUT2D eigenvalue weighted by Gasteiger charge is 2.35. The molecule has 1 amide bonds. The molecule has 2 aliphatic rings. The molecule has 1 fully saturated rings. The lowest BCUT2D eigenvalue weighted by Crippen LogP contribution is -2.51. The van der Waals surface area contributed by atoms with Gasteiger partial charge >= 0.3 is 0 Å². The fourth-order valence-corrected chi connectivity index (χ4v) is 4.79. The number of piperazine rings is 1. The minimum absolute atomic E-state index is 0.0480. The van der Waals surface area contributed by atoms with Gasteiger partial charge in [-0.25, -0.2) is 14.4 Å². The summed E-state index contributed by atoms with van der Waals surface area (Å²) in [5.74, 6) is -0.271. The van der Waals surface area contributed by atoms with Crippen LogP contribution >= 0.6 is 15.9 Å². The Bertz CT molecular complexity index is 951. The Hall–Kier alpha value is -2.10. The van der Waals surface area contributed by atoms with E-state index in [1.807, 2.05) is 0 Å². The SMILES string of the molecule is C[C@@H]1C[C@H](O)c2ncnc(N3CCN(C(=O)[C@H](CN)c4ccc(Br)cc4F)CC3)c21. The van der Waals surface area contributed by atoms with E-state index in [4.69, 9.17) is 5.73 Å². The molecule has 1 aliphatic heterocycles. The van der Waals surface area contributed by atoms with Crippen molar-refractivity contribution in [2.24, 2.45) is 5.73 Å². The number of hydrogen-bond donors (Lipinski definition) is 2. The highest BCUT2D eigenvalue weighted by Crippen LogP contribution is 2.42. The van der Waals surface area contributed by atoms with Gasteiger partial charge in [0.2, 0.25) is 5.91 Å². The van der Waals surface area contributed by atoms with Crippen molar-refractivity contribution in [3.63, 3.8) is 0 Å². The maximum atomic E-state index is 14.4. The average Bonchev–Trinajstić information content (AvgIpc) is 3.04. The van der Waals surface area contributed by atoms with E-state index in [0.717, 1.165) is 11.4 Å². The van der Waals surface area contributed by atoms with Crippen molar-refractivity contribution in [3.8, 4) is 0 Å². The number of carbonyl (C=O) groups excluding carboxylic acids is 1. The third-order valence-electron chi connectivity index (χ3n) is 6.04. The molecule has 4 rings (SSSR count). The first-order valence-corrected chi connectivity index (χ1v) is 10.9. The largest absolute Gasteiger partial charge is 0.387 e. The van der Waals surface area contributed by atoms with Crippen molar-refractivity contribution in [1.29, 1.82) is 0 Å². The van der Waals surface area contributed by atoms with E-state index in [2.05, 4.69) is 37.7 Å². The Balaban J connectivity index is 1.48. The van der Waals surface area contributed by atoms with Crippen molar-refractivity contribution in [1.82, 2.24) is 14.9 Å². The lowest BCUT2D eigenvalue weighted by molar-refractivity contribution is -0.133. The van der Waals surface area contributed by atoms with Crippen molar-refractivity contribution < 1.29 is 14.3 Å². The molecule has 1 aromatic heterocycles. The van der Waals surface area contributed by atoms with Crippen LogP contribution in [0.2, 0.25) is 0 Å². The van der Waals surface area contributed by atoms with Gasteiger partial charge < -0.3 is 20.6 Å². The number of aromatic nitrogens is 2. The zero-order valence-electron chi connectivity index (χ0n) is 16.8. The molecule has 0 unspecified atom stereocenters. The monoisotopic (exact) mass is 477 g/mol. The fourth-order valence-electron chi connectivity index (χ4n) is 4.46. The number of halogens is 2. The van der Waals surface area contributed by atoms with E-state index in [0.29, 0.717) is 48.3 Å². The van der Waals surface area contributed by atoms with E-state index in [1.54, 1.807) is 17.0 Å². The zero-order valence-corrected chi connectivity index (χ0v) is 18.3. The summed E-state index contributed by atoms with van der Waals surface area (Å²) in [6.45, 7) is 4.34. The molecule has 0 bridgehead atoms. The number of amides is 1. The molecule has 9 heteroatoms. The second-order valence-electron chi connectivity index (χ2n) is 7.92. The van der Waals surface area contributed by atoms with Gasteiger partial charge in [0.25, 0.3) is 0 Å². The molecule has 3 atom stereocenters. The summed E-state index contributed by atoms with van der Waals surface area (Å²) in [5.41, 5.74) is 7.88. The Labute approximate surface area is 183 Å². The normalized spacial score (nSPS) is 22.2. The Morgan fingerprint density at radius 2 is 2.07 bits per heavy atom. The molecule has 2 aromatic rings. The lowest BCUT2D eigenvalue weighted by atomic mass is 9.96. The van der Waals surface area contributed by atoms with Crippen LogP contribution in [0.4, 0.5) is 10.2 Å². The highest BCUT2D eigenvalue weighted by atomic mass is 79.9. The standard InChI is InChI=1S/C21H25BrFN5O2/c1-12-8-17(29)19-18(12)20(26-11-25-19)27-4-6-28(7-5-27)21(30)15(10-24)14-3-2-13(22)9-16(14)23/h2-3,9,11-12,15,17,29H,4-8,10,24H2,1H3/t12-,15-,17+/m1/s1. The molecule has 1 saturated heterocycles. The quantitative estimate of drug-likeness (QED) is 0.701. The number of carbonyl (C=O) groups is 1. The minimum atomic E-state index is -0.705. The van der Waals surface area contributed by atoms with Crippen LogP contribution in [-0.4, -0.2) is 58.6 Å². The number of benzene rings is 1. The van der Waals surface area contributed by atoms with Gasteiger partial charge in [-0.1, -0.05) is 28.9 Å². The number of nitrogens with zero attached hydrogens (tertiary/aromatic N) is 4. The first-order chi connectivity index (χ1) is 14.4. The number of hydrogen-bond acceptors (Lipinski definition) is 6. The Morgan fingerprint density at radius 3 is 2.73 bits per heavy atom. The van der Waals surface area contributed by atoms with Crippen LogP contribution in [0.5, 0.6) is 0 Å². The molecule has 3 N–H and O–H groups in total. The van der Waals surface area contributed by atoms with Crippen molar-refractivity contribution >= 4 is 27.7 Å². The van der Waals surface area contributed by atoms with Crippen LogP contribution in [0.15, 0.2) is 29.0 Å². The first kappa shape index (κ1) is 21.1. The Kier molecular flexibility index (Phi) is 6.04. The third kappa shape index (κ3) is 3.81. The second-order valence-corrected chi connectivity index (χ2v) is 8.83. The smallest absolute Gasteiger partial charge is 0.231 e. The summed E-state index contributed by atoms with van der Waals surface area (Å²) in [6, 6.07) is 4.69. The van der Waals surface area contributed by atoms with Gasteiger partial charge in [0, 0.05) is 48.3 Å². The van der Waals surface area contributed by atoms with Crippen molar-refractivity contribution in [3.05, 3.63) is 51.6 Å². The summed E-state index contributed by atoms with van der Waals surface area (Å²) in [4.78, 5) is 25.7. The topological polar surface area (TPSA) is 95.6 Å².